The standard InChI is InChI=1S/C37H58F6O8Si2/c1-7-50-53(6,51-8-2)22-10-20-49-26-32(45)16-12-28-24-30(14-18-34(28)47)35(36(38,39)40,37(41,42)43)29-13-17-33(46)27(23-29)11-15-31(44)25-48-19-9-21-52(3,4)5/h13-14,17-18,23-24,31-32,44-47H,7-12,15-16,19-22,25-26H2,1-6H3. The van der Waals surface area contributed by atoms with Crippen molar-refractivity contribution in [3.63, 3.8) is 0 Å². The number of halogens is 6. The third-order valence-corrected chi connectivity index (χ3v) is 13.9. The van der Waals surface area contributed by atoms with Crippen LogP contribution in [-0.4, -0.2) is 101 Å². The Balaban J connectivity index is 2.24. The van der Waals surface area contributed by atoms with E-state index < -0.39 is 69.2 Å². The van der Waals surface area contributed by atoms with Gasteiger partial charge >= 0.3 is 20.9 Å². The highest BCUT2D eigenvalue weighted by molar-refractivity contribution is 6.76. The first kappa shape index (κ1) is 47.0. The van der Waals surface area contributed by atoms with Gasteiger partial charge in [-0.1, -0.05) is 50.0 Å². The van der Waals surface area contributed by atoms with Crippen LogP contribution in [0.5, 0.6) is 11.5 Å². The number of hydrogen-bond acceptors (Lipinski definition) is 8. The van der Waals surface area contributed by atoms with Gasteiger partial charge < -0.3 is 38.8 Å². The summed E-state index contributed by atoms with van der Waals surface area (Å²) in [5.74, 6) is -1.04. The molecule has 2 aromatic carbocycles. The molecule has 0 aliphatic carbocycles. The topological polar surface area (TPSA) is 118 Å². The SMILES string of the molecule is CCO[Si](C)(CCCOCC(O)CCc1cc(C(c2ccc(O)c(CCC(O)COCCC[Si](C)(C)C)c2)(C(F)(F)F)C(F)(F)F)ccc1O)OCC. The molecule has 16 heteroatoms. The summed E-state index contributed by atoms with van der Waals surface area (Å²) >= 11 is 0. The quantitative estimate of drug-likeness (QED) is 0.0476. The van der Waals surface area contributed by atoms with Crippen molar-refractivity contribution in [2.45, 2.75) is 121 Å². The summed E-state index contributed by atoms with van der Waals surface area (Å²) in [6, 6.07) is 5.73. The third kappa shape index (κ3) is 14.1. The molecule has 0 aliphatic rings. The molecule has 8 nitrogen and oxygen atoms in total. The van der Waals surface area contributed by atoms with Crippen LogP contribution in [-0.2, 0) is 36.6 Å². The molecule has 2 rings (SSSR count). The van der Waals surface area contributed by atoms with E-state index >= 15 is 26.3 Å². The van der Waals surface area contributed by atoms with Gasteiger partial charge in [0, 0.05) is 34.5 Å². The van der Waals surface area contributed by atoms with Gasteiger partial charge in [-0.15, -0.1) is 0 Å². The number of aliphatic hydroxyl groups excluding tert-OH is 2. The first-order chi connectivity index (χ1) is 24.6. The number of phenols is 2. The molecule has 0 heterocycles. The van der Waals surface area contributed by atoms with Gasteiger partial charge in [0.05, 0.1) is 25.4 Å². The van der Waals surface area contributed by atoms with Gasteiger partial charge in [0.15, 0.2) is 0 Å². The molecule has 0 bridgehead atoms. The molecule has 0 fully saturated rings. The van der Waals surface area contributed by atoms with E-state index in [9.17, 15) is 20.4 Å². The number of hydrogen-bond donors (Lipinski definition) is 4. The summed E-state index contributed by atoms with van der Waals surface area (Å²) in [6.45, 7) is 13.9. The molecular weight excluding hydrogens is 743 g/mol. The van der Waals surface area contributed by atoms with Crippen molar-refractivity contribution in [2.75, 3.05) is 39.6 Å². The fourth-order valence-electron chi connectivity index (χ4n) is 6.27. The van der Waals surface area contributed by atoms with E-state index in [1.54, 1.807) is 0 Å². The van der Waals surface area contributed by atoms with E-state index in [1.165, 1.54) is 0 Å². The number of ether oxygens (including phenoxy) is 2. The third-order valence-electron chi connectivity index (χ3n) is 9.02. The number of alkyl halides is 6. The zero-order chi connectivity index (χ0) is 40.1. The first-order valence-electron chi connectivity index (χ1n) is 18.2. The van der Waals surface area contributed by atoms with Crippen molar-refractivity contribution in [1.82, 2.24) is 0 Å². The van der Waals surface area contributed by atoms with Crippen LogP contribution < -0.4 is 0 Å². The van der Waals surface area contributed by atoms with Crippen LogP contribution in [0.1, 0.15) is 61.8 Å². The second kappa shape index (κ2) is 20.7. The molecule has 0 aliphatic heterocycles. The number of aliphatic hydroxyl groups is 2. The molecule has 4 N–H and O–H groups in total. The van der Waals surface area contributed by atoms with Crippen LogP contribution in [0.15, 0.2) is 36.4 Å². The number of phenolic OH excluding ortho intramolecular Hbond substituents is 2. The van der Waals surface area contributed by atoms with Crippen molar-refractivity contribution in [1.29, 1.82) is 0 Å². The summed E-state index contributed by atoms with van der Waals surface area (Å²) in [5, 5.41) is 41.8. The van der Waals surface area contributed by atoms with Crippen molar-refractivity contribution in [3.8, 4) is 11.5 Å². The van der Waals surface area contributed by atoms with Gasteiger partial charge in [-0.2, -0.15) is 26.3 Å². The highest BCUT2D eigenvalue weighted by atomic mass is 28.4. The Morgan fingerprint density at radius 2 is 1.04 bits per heavy atom. The summed E-state index contributed by atoms with van der Waals surface area (Å²) in [7, 11) is -3.61. The van der Waals surface area contributed by atoms with Crippen molar-refractivity contribution in [3.05, 3.63) is 58.7 Å². The summed E-state index contributed by atoms with van der Waals surface area (Å²) in [4.78, 5) is 0. The molecule has 53 heavy (non-hydrogen) atoms. The Kier molecular flexibility index (Phi) is 18.3. The molecule has 2 unspecified atom stereocenters. The predicted octanol–water partition coefficient (Wildman–Crippen LogP) is 8.39. The van der Waals surface area contributed by atoms with Gasteiger partial charge in [0.1, 0.15) is 11.5 Å². The predicted molar refractivity (Wildman–Crippen MR) is 196 cm³/mol. The van der Waals surface area contributed by atoms with E-state index in [4.69, 9.17) is 18.3 Å². The fourth-order valence-corrected chi connectivity index (χ4v) is 9.85. The molecule has 2 atom stereocenters. The average Bonchev–Trinajstić information content (AvgIpc) is 3.03. The normalized spacial score (nSPS) is 14.5. The maximum absolute atomic E-state index is 15.0. The number of aromatic hydroxyl groups is 2. The largest absolute Gasteiger partial charge is 0.508 e. The Labute approximate surface area is 311 Å². The van der Waals surface area contributed by atoms with Crippen LogP contribution in [0.25, 0.3) is 0 Å². The van der Waals surface area contributed by atoms with E-state index in [2.05, 4.69) is 19.6 Å². The minimum atomic E-state index is -5.91. The van der Waals surface area contributed by atoms with E-state index in [-0.39, 0.29) is 56.6 Å². The van der Waals surface area contributed by atoms with Crippen LogP contribution >= 0.6 is 0 Å². The maximum atomic E-state index is 15.0. The Bertz CT molecular complexity index is 1370. The molecule has 0 saturated carbocycles. The maximum Gasteiger partial charge on any atom is 0.411 e. The lowest BCUT2D eigenvalue weighted by molar-refractivity contribution is -0.288. The number of benzene rings is 2. The lowest BCUT2D eigenvalue weighted by atomic mass is 9.71. The molecule has 0 spiro atoms. The highest BCUT2D eigenvalue weighted by Gasteiger charge is 2.72. The number of rotatable bonds is 24. The van der Waals surface area contributed by atoms with E-state index in [1.807, 2.05) is 20.4 Å². The van der Waals surface area contributed by atoms with Crippen molar-refractivity contribution < 1.29 is 65.1 Å². The van der Waals surface area contributed by atoms with Gasteiger partial charge in [0.2, 0.25) is 5.41 Å². The summed E-state index contributed by atoms with van der Waals surface area (Å²) in [6.07, 6.45) is -13.2. The van der Waals surface area contributed by atoms with Crippen molar-refractivity contribution >= 4 is 16.6 Å². The Morgan fingerprint density at radius 1 is 0.642 bits per heavy atom. The Hall–Kier alpha value is -2.19. The van der Waals surface area contributed by atoms with Crippen LogP contribution in [0.3, 0.4) is 0 Å². The fraction of sp³-hybridized carbons (Fsp3) is 0.676. The zero-order valence-electron chi connectivity index (χ0n) is 31.7. The second-order valence-electron chi connectivity index (χ2n) is 14.7. The van der Waals surface area contributed by atoms with E-state index in [0.29, 0.717) is 56.6 Å². The molecule has 0 amide bonds. The van der Waals surface area contributed by atoms with E-state index in [0.717, 1.165) is 24.6 Å². The zero-order valence-corrected chi connectivity index (χ0v) is 33.7. The summed E-state index contributed by atoms with van der Waals surface area (Å²) < 4.78 is 113. The van der Waals surface area contributed by atoms with Gasteiger partial charge in [0.25, 0.3) is 0 Å². The number of aryl methyl sites for hydroxylation is 2. The monoisotopic (exact) mass is 800 g/mol. The first-order valence-corrected chi connectivity index (χ1v) is 24.4. The lowest BCUT2D eigenvalue weighted by Gasteiger charge is -2.39. The average molecular weight is 801 g/mol. The molecule has 0 aromatic heterocycles. The minimum Gasteiger partial charge on any atom is -0.508 e. The van der Waals surface area contributed by atoms with Crippen LogP contribution in [0.2, 0.25) is 38.3 Å². The molecule has 0 radical (unpaired) electrons. The van der Waals surface area contributed by atoms with Crippen LogP contribution in [0, 0.1) is 0 Å². The second-order valence-corrected chi connectivity index (χ2v) is 23.7. The highest BCUT2D eigenvalue weighted by Crippen LogP contribution is 2.57. The van der Waals surface area contributed by atoms with Crippen molar-refractivity contribution in [2.24, 2.45) is 0 Å². The lowest BCUT2D eigenvalue weighted by Crippen LogP contribution is -2.54. The van der Waals surface area contributed by atoms with Gasteiger partial charge in [-0.05, 0) is 99.4 Å². The molecule has 2 aromatic rings. The van der Waals surface area contributed by atoms with Gasteiger partial charge in [-0.3, -0.25) is 0 Å². The molecular formula is C37H58F6O8Si2. The molecule has 304 valence electrons. The minimum absolute atomic E-state index is 0.0673. The smallest absolute Gasteiger partial charge is 0.411 e. The molecule has 0 saturated heterocycles. The van der Waals surface area contributed by atoms with Gasteiger partial charge in [-0.25, -0.2) is 0 Å². The Morgan fingerprint density at radius 3 is 1.40 bits per heavy atom. The van der Waals surface area contributed by atoms with Crippen LogP contribution in [0.4, 0.5) is 26.3 Å². The summed E-state index contributed by atoms with van der Waals surface area (Å²) in [5.41, 5.74) is -7.33.